The second-order valence-corrected chi connectivity index (χ2v) is 6.22. The summed E-state index contributed by atoms with van der Waals surface area (Å²) < 4.78 is 5.40. The summed E-state index contributed by atoms with van der Waals surface area (Å²) in [7, 11) is 1.57. The summed E-state index contributed by atoms with van der Waals surface area (Å²) in [4.78, 5) is 29.6. The van der Waals surface area contributed by atoms with E-state index in [1.54, 1.807) is 25.0 Å². The molecule has 0 fully saturated rings. The molecule has 0 bridgehead atoms. The van der Waals surface area contributed by atoms with E-state index in [9.17, 15) is 9.59 Å². The minimum absolute atomic E-state index is 0.0711. The average molecular weight is 350 g/mol. The van der Waals surface area contributed by atoms with Crippen molar-refractivity contribution in [1.82, 2.24) is 4.98 Å². The number of aryl methyl sites for hydroxylation is 1. The Morgan fingerprint density at radius 2 is 1.92 bits per heavy atom. The van der Waals surface area contributed by atoms with Crippen LogP contribution in [0.2, 0.25) is 0 Å². The number of para-hydroxylation sites is 2. The van der Waals surface area contributed by atoms with Gasteiger partial charge < -0.3 is 14.6 Å². The number of ether oxygens (including phenoxy) is 1. The lowest BCUT2D eigenvalue weighted by molar-refractivity contribution is -0.118. The minimum atomic E-state index is -0.190. The smallest absolute Gasteiger partial charge is 0.253 e. The molecule has 3 rings (SSSR count). The highest BCUT2D eigenvalue weighted by Gasteiger charge is 2.19. The second kappa shape index (κ2) is 7.44. The summed E-state index contributed by atoms with van der Waals surface area (Å²) in [5.41, 5.74) is 2.91. The van der Waals surface area contributed by atoms with Gasteiger partial charge >= 0.3 is 0 Å². The zero-order valence-electron chi connectivity index (χ0n) is 15.2. The fourth-order valence-electron chi connectivity index (χ4n) is 3.01. The largest absolute Gasteiger partial charge is 0.495 e. The van der Waals surface area contributed by atoms with E-state index in [4.69, 9.17) is 4.74 Å². The summed E-state index contributed by atoms with van der Waals surface area (Å²) in [5.74, 6) is 0.528. The molecule has 0 aliphatic heterocycles. The number of methoxy groups -OCH3 is 1. The van der Waals surface area contributed by atoms with Gasteiger partial charge in [0.15, 0.2) is 0 Å². The van der Waals surface area contributed by atoms with Crippen molar-refractivity contribution in [3.8, 4) is 5.75 Å². The van der Waals surface area contributed by atoms with Gasteiger partial charge in [0.2, 0.25) is 5.91 Å². The van der Waals surface area contributed by atoms with E-state index in [2.05, 4.69) is 4.98 Å². The number of aromatic nitrogens is 1. The van der Waals surface area contributed by atoms with Crippen LogP contribution < -0.4 is 15.2 Å². The van der Waals surface area contributed by atoms with Crippen LogP contribution in [0.4, 0.5) is 5.69 Å². The van der Waals surface area contributed by atoms with E-state index in [0.29, 0.717) is 23.4 Å². The van der Waals surface area contributed by atoms with E-state index in [1.807, 2.05) is 49.4 Å². The van der Waals surface area contributed by atoms with Crippen LogP contribution in [0, 0.1) is 6.92 Å². The zero-order chi connectivity index (χ0) is 18.7. The highest BCUT2D eigenvalue weighted by Crippen LogP contribution is 2.29. The Labute approximate surface area is 152 Å². The average Bonchev–Trinajstić information content (AvgIpc) is 2.66. The van der Waals surface area contributed by atoms with Gasteiger partial charge in [0, 0.05) is 17.5 Å². The van der Waals surface area contributed by atoms with Crippen molar-refractivity contribution in [2.24, 2.45) is 0 Å². The number of amides is 1. The molecule has 0 aliphatic carbocycles. The fourth-order valence-corrected chi connectivity index (χ4v) is 3.01. The normalized spacial score (nSPS) is 10.7. The molecule has 0 atom stereocenters. The molecule has 0 aliphatic rings. The van der Waals surface area contributed by atoms with Crippen molar-refractivity contribution in [3.05, 3.63) is 70.0 Å². The lowest BCUT2D eigenvalue weighted by Gasteiger charge is -2.24. The maximum atomic E-state index is 12.6. The summed E-state index contributed by atoms with van der Waals surface area (Å²) in [6.45, 7) is 4.00. The topological polar surface area (TPSA) is 62.4 Å². The molecule has 2 aromatic carbocycles. The SMILES string of the molecule is CCC(=O)N(Cc1cc2cc(C)ccc2[nH]c1=O)c1ccccc1OC. The van der Waals surface area contributed by atoms with E-state index < -0.39 is 0 Å². The molecule has 0 spiro atoms. The summed E-state index contributed by atoms with van der Waals surface area (Å²) >= 11 is 0. The van der Waals surface area contributed by atoms with Crippen molar-refractivity contribution in [3.63, 3.8) is 0 Å². The Kier molecular flexibility index (Phi) is 5.07. The van der Waals surface area contributed by atoms with Gasteiger partial charge in [0.1, 0.15) is 5.75 Å². The Hall–Kier alpha value is -3.08. The maximum absolute atomic E-state index is 12.6. The molecule has 0 saturated carbocycles. The number of nitrogens with zero attached hydrogens (tertiary/aromatic N) is 1. The van der Waals surface area contributed by atoms with Gasteiger partial charge in [-0.25, -0.2) is 0 Å². The molecule has 26 heavy (non-hydrogen) atoms. The van der Waals surface area contributed by atoms with E-state index in [-0.39, 0.29) is 18.0 Å². The first kappa shape index (κ1) is 17.7. The number of pyridine rings is 1. The van der Waals surface area contributed by atoms with Crippen LogP contribution in [0.1, 0.15) is 24.5 Å². The Morgan fingerprint density at radius 1 is 1.15 bits per heavy atom. The molecular weight excluding hydrogens is 328 g/mol. The van der Waals surface area contributed by atoms with Gasteiger partial charge in [-0.15, -0.1) is 0 Å². The Bertz CT molecular complexity index is 1010. The zero-order valence-corrected chi connectivity index (χ0v) is 15.2. The number of anilines is 1. The first-order valence-electron chi connectivity index (χ1n) is 8.59. The molecule has 134 valence electrons. The van der Waals surface area contributed by atoms with Gasteiger partial charge in [-0.1, -0.05) is 30.7 Å². The first-order chi connectivity index (χ1) is 12.5. The van der Waals surface area contributed by atoms with Crippen LogP contribution in [0.25, 0.3) is 10.9 Å². The van der Waals surface area contributed by atoms with Crippen LogP contribution in [0.5, 0.6) is 5.75 Å². The molecule has 1 heterocycles. The standard InChI is InChI=1S/C21H22N2O3/c1-4-20(24)23(18-7-5-6-8-19(18)26-3)13-16-12-15-11-14(2)9-10-17(15)22-21(16)25/h5-12H,4,13H2,1-3H3,(H,22,25). The van der Waals surface area contributed by atoms with Crippen molar-refractivity contribution in [2.75, 3.05) is 12.0 Å². The van der Waals surface area contributed by atoms with Gasteiger partial charge in [0.25, 0.3) is 5.56 Å². The number of rotatable bonds is 5. The van der Waals surface area contributed by atoms with Gasteiger partial charge in [-0.05, 0) is 42.6 Å². The Morgan fingerprint density at radius 3 is 2.65 bits per heavy atom. The number of hydrogen-bond acceptors (Lipinski definition) is 3. The number of carbonyl (C=O) groups excluding carboxylic acids is 1. The van der Waals surface area contributed by atoms with Crippen LogP contribution in [0.15, 0.2) is 53.3 Å². The highest BCUT2D eigenvalue weighted by molar-refractivity contribution is 5.94. The fraction of sp³-hybridized carbons (Fsp3) is 0.238. The number of hydrogen-bond donors (Lipinski definition) is 1. The van der Waals surface area contributed by atoms with Crippen LogP contribution in [0.3, 0.4) is 0 Å². The molecule has 0 unspecified atom stereocenters. The first-order valence-corrected chi connectivity index (χ1v) is 8.59. The predicted molar refractivity (Wildman–Crippen MR) is 104 cm³/mol. The van der Waals surface area contributed by atoms with Crippen molar-refractivity contribution >= 4 is 22.5 Å². The molecule has 0 radical (unpaired) electrons. The van der Waals surface area contributed by atoms with Crippen LogP contribution in [-0.2, 0) is 11.3 Å². The number of aromatic amines is 1. The monoisotopic (exact) mass is 350 g/mol. The third-order valence-electron chi connectivity index (χ3n) is 4.38. The van der Waals surface area contributed by atoms with Crippen molar-refractivity contribution < 1.29 is 9.53 Å². The van der Waals surface area contributed by atoms with Crippen molar-refractivity contribution in [1.29, 1.82) is 0 Å². The quantitative estimate of drug-likeness (QED) is 0.761. The molecular formula is C21H22N2O3. The van der Waals surface area contributed by atoms with Gasteiger partial charge in [-0.2, -0.15) is 0 Å². The Balaban J connectivity index is 2.07. The third-order valence-corrected chi connectivity index (χ3v) is 4.38. The highest BCUT2D eigenvalue weighted by atomic mass is 16.5. The molecule has 1 amide bonds. The summed E-state index contributed by atoms with van der Waals surface area (Å²) in [5, 5.41) is 0.948. The third kappa shape index (κ3) is 3.47. The van der Waals surface area contributed by atoms with Gasteiger partial charge in [0.05, 0.1) is 19.3 Å². The molecule has 3 aromatic rings. The number of carbonyl (C=O) groups is 1. The predicted octanol–water partition coefficient (Wildman–Crippen LogP) is 3.79. The number of nitrogens with one attached hydrogen (secondary N) is 1. The van der Waals surface area contributed by atoms with Crippen LogP contribution in [-0.4, -0.2) is 18.0 Å². The summed E-state index contributed by atoms with van der Waals surface area (Å²) in [6.07, 6.45) is 0.336. The number of benzene rings is 2. The van der Waals surface area contributed by atoms with Gasteiger partial charge in [-0.3, -0.25) is 9.59 Å². The second-order valence-electron chi connectivity index (χ2n) is 6.22. The molecule has 1 N–H and O–H groups in total. The van der Waals surface area contributed by atoms with E-state index >= 15 is 0 Å². The number of H-pyrrole nitrogens is 1. The lowest BCUT2D eigenvalue weighted by atomic mass is 10.1. The number of fused-ring (bicyclic) bond motifs is 1. The minimum Gasteiger partial charge on any atom is -0.495 e. The molecule has 5 heteroatoms. The van der Waals surface area contributed by atoms with Crippen LogP contribution >= 0.6 is 0 Å². The lowest BCUT2D eigenvalue weighted by Crippen LogP contribution is -2.32. The summed E-state index contributed by atoms with van der Waals surface area (Å²) in [6, 6.07) is 15.1. The van der Waals surface area contributed by atoms with Crippen molar-refractivity contribution in [2.45, 2.75) is 26.8 Å². The molecule has 5 nitrogen and oxygen atoms in total. The van der Waals surface area contributed by atoms with E-state index in [0.717, 1.165) is 16.5 Å². The van der Waals surface area contributed by atoms with E-state index in [1.165, 1.54) is 0 Å². The molecule has 0 saturated heterocycles. The maximum Gasteiger partial charge on any atom is 0.253 e. The molecule has 1 aromatic heterocycles.